The molecule has 0 saturated carbocycles. The molecule has 2 rings (SSSR count). The third-order valence-electron chi connectivity index (χ3n) is 2.68. The summed E-state index contributed by atoms with van der Waals surface area (Å²) in [6.07, 6.45) is 0. The number of rotatable bonds is 6. The van der Waals surface area contributed by atoms with Gasteiger partial charge in [-0.15, -0.1) is 0 Å². The van der Waals surface area contributed by atoms with E-state index in [0.29, 0.717) is 36.3 Å². The number of aryl methyl sites for hydroxylation is 1. The Morgan fingerprint density at radius 2 is 2.05 bits per heavy atom. The van der Waals surface area contributed by atoms with E-state index >= 15 is 0 Å². The van der Waals surface area contributed by atoms with Gasteiger partial charge in [-0.3, -0.25) is 0 Å². The summed E-state index contributed by atoms with van der Waals surface area (Å²) < 4.78 is 16.3. The number of aromatic nitrogens is 2. The summed E-state index contributed by atoms with van der Waals surface area (Å²) in [5.74, 6) is 2.58. The quantitative estimate of drug-likeness (QED) is 0.870. The number of ether oxygens (including phenoxy) is 2. The fraction of sp³-hybridized carbons (Fsp3) is 0.385. The van der Waals surface area contributed by atoms with Crippen molar-refractivity contribution >= 4 is 15.9 Å². The maximum atomic E-state index is 5.30. The van der Waals surface area contributed by atoms with E-state index in [2.05, 4.69) is 31.4 Å². The van der Waals surface area contributed by atoms with Gasteiger partial charge in [-0.05, 0) is 33.6 Å². The van der Waals surface area contributed by atoms with Gasteiger partial charge in [0.15, 0.2) is 17.3 Å². The lowest BCUT2D eigenvalue weighted by Gasteiger charge is -2.12. The van der Waals surface area contributed by atoms with Crippen molar-refractivity contribution in [1.82, 2.24) is 15.5 Å². The Morgan fingerprint density at radius 3 is 2.65 bits per heavy atom. The average molecular weight is 342 g/mol. The van der Waals surface area contributed by atoms with Crippen LogP contribution in [-0.4, -0.2) is 24.4 Å². The third kappa shape index (κ3) is 3.49. The second-order valence-corrected chi connectivity index (χ2v) is 5.00. The number of methoxy groups -OCH3 is 2. The van der Waals surface area contributed by atoms with Gasteiger partial charge in [-0.1, -0.05) is 5.16 Å². The van der Waals surface area contributed by atoms with Gasteiger partial charge in [0.25, 0.3) is 0 Å². The molecule has 7 heteroatoms. The zero-order chi connectivity index (χ0) is 14.5. The summed E-state index contributed by atoms with van der Waals surface area (Å²) in [5.41, 5.74) is 1.06. The van der Waals surface area contributed by atoms with Crippen molar-refractivity contribution in [2.45, 2.75) is 20.0 Å². The van der Waals surface area contributed by atoms with Crippen molar-refractivity contribution in [2.24, 2.45) is 0 Å². The SMILES string of the molecule is COc1cc(CNCc2noc(C)n2)cc(Br)c1OC. The topological polar surface area (TPSA) is 69.4 Å². The van der Waals surface area contributed by atoms with Crippen LogP contribution < -0.4 is 14.8 Å². The number of halogens is 1. The second-order valence-electron chi connectivity index (χ2n) is 4.15. The molecule has 0 aliphatic rings. The van der Waals surface area contributed by atoms with Crippen molar-refractivity contribution < 1.29 is 14.0 Å². The van der Waals surface area contributed by atoms with Gasteiger partial charge in [0.1, 0.15) is 0 Å². The molecular formula is C13H16BrN3O3. The van der Waals surface area contributed by atoms with E-state index in [1.165, 1.54) is 0 Å². The van der Waals surface area contributed by atoms with Crippen LogP contribution in [0.15, 0.2) is 21.1 Å². The minimum atomic E-state index is 0.545. The zero-order valence-electron chi connectivity index (χ0n) is 11.6. The van der Waals surface area contributed by atoms with Crippen LogP contribution in [0.5, 0.6) is 11.5 Å². The molecule has 0 aliphatic heterocycles. The molecule has 0 atom stereocenters. The molecular weight excluding hydrogens is 326 g/mol. The summed E-state index contributed by atoms with van der Waals surface area (Å²) in [4.78, 5) is 4.13. The van der Waals surface area contributed by atoms with Crippen LogP contribution in [0.2, 0.25) is 0 Å². The maximum absolute atomic E-state index is 5.30. The predicted molar refractivity (Wildman–Crippen MR) is 76.8 cm³/mol. The highest BCUT2D eigenvalue weighted by molar-refractivity contribution is 9.10. The van der Waals surface area contributed by atoms with Crippen molar-refractivity contribution in [2.75, 3.05) is 14.2 Å². The minimum absolute atomic E-state index is 0.545. The van der Waals surface area contributed by atoms with E-state index in [0.717, 1.165) is 10.0 Å². The minimum Gasteiger partial charge on any atom is -0.493 e. The highest BCUT2D eigenvalue weighted by atomic mass is 79.9. The van der Waals surface area contributed by atoms with Crippen molar-refractivity contribution in [3.05, 3.63) is 33.9 Å². The van der Waals surface area contributed by atoms with Crippen LogP contribution in [0, 0.1) is 6.92 Å². The lowest BCUT2D eigenvalue weighted by molar-refractivity contribution is 0.352. The molecule has 0 fully saturated rings. The monoisotopic (exact) mass is 341 g/mol. The number of hydrogen-bond acceptors (Lipinski definition) is 6. The Hall–Kier alpha value is -1.60. The van der Waals surface area contributed by atoms with Gasteiger partial charge in [0.05, 0.1) is 25.2 Å². The molecule has 0 unspecified atom stereocenters. The van der Waals surface area contributed by atoms with Crippen molar-refractivity contribution in [1.29, 1.82) is 0 Å². The number of benzene rings is 1. The summed E-state index contributed by atoms with van der Waals surface area (Å²) in [7, 11) is 3.22. The molecule has 1 aromatic heterocycles. The first-order valence-corrected chi connectivity index (χ1v) is 6.83. The van der Waals surface area contributed by atoms with Gasteiger partial charge < -0.3 is 19.3 Å². The van der Waals surface area contributed by atoms with Gasteiger partial charge in [0, 0.05) is 13.5 Å². The van der Waals surface area contributed by atoms with Crippen LogP contribution in [0.1, 0.15) is 17.3 Å². The lowest BCUT2D eigenvalue weighted by Crippen LogP contribution is -2.14. The van der Waals surface area contributed by atoms with Crippen LogP contribution in [0.3, 0.4) is 0 Å². The molecule has 0 radical (unpaired) electrons. The highest BCUT2D eigenvalue weighted by Crippen LogP contribution is 2.36. The molecule has 108 valence electrons. The predicted octanol–water partition coefficient (Wildman–Crippen LogP) is 2.45. The molecule has 0 bridgehead atoms. The first-order chi connectivity index (χ1) is 9.63. The Labute approximate surface area is 125 Å². The fourth-order valence-corrected chi connectivity index (χ4v) is 2.46. The van der Waals surface area contributed by atoms with Crippen LogP contribution in [0.25, 0.3) is 0 Å². The molecule has 2 aromatic rings. The standard InChI is InChI=1S/C13H16BrN3O3/c1-8-16-12(17-20-8)7-15-6-9-4-10(14)13(19-3)11(5-9)18-2/h4-5,15H,6-7H2,1-3H3. The van der Waals surface area contributed by atoms with Crippen LogP contribution >= 0.6 is 15.9 Å². The van der Waals surface area contributed by atoms with Crippen LogP contribution in [-0.2, 0) is 13.1 Å². The zero-order valence-corrected chi connectivity index (χ0v) is 13.2. The van der Waals surface area contributed by atoms with Crippen molar-refractivity contribution in [3.63, 3.8) is 0 Å². The number of nitrogens with one attached hydrogen (secondary N) is 1. The van der Waals surface area contributed by atoms with E-state index in [1.807, 2.05) is 12.1 Å². The van der Waals surface area contributed by atoms with Gasteiger partial charge >= 0.3 is 0 Å². The van der Waals surface area contributed by atoms with Gasteiger partial charge in [-0.25, -0.2) is 0 Å². The average Bonchev–Trinajstić information content (AvgIpc) is 2.83. The summed E-state index contributed by atoms with van der Waals surface area (Å²) in [6.45, 7) is 2.97. The summed E-state index contributed by atoms with van der Waals surface area (Å²) in [6, 6.07) is 3.91. The van der Waals surface area contributed by atoms with Gasteiger partial charge in [-0.2, -0.15) is 4.98 Å². The molecule has 0 saturated heterocycles. The Morgan fingerprint density at radius 1 is 1.25 bits per heavy atom. The van der Waals surface area contributed by atoms with E-state index in [-0.39, 0.29) is 0 Å². The highest BCUT2D eigenvalue weighted by Gasteiger charge is 2.10. The Balaban J connectivity index is 2.01. The Bertz CT molecular complexity index is 586. The first-order valence-electron chi connectivity index (χ1n) is 6.04. The Kier molecular flexibility index (Phi) is 4.97. The molecule has 6 nitrogen and oxygen atoms in total. The lowest BCUT2D eigenvalue weighted by atomic mass is 10.2. The van der Waals surface area contributed by atoms with Gasteiger partial charge in [0.2, 0.25) is 5.89 Å². The second kappa shape index (κ2) is 6.71. The fourth-order valence-electron chi connectivity index (χ4n) is 1.81. The van der Waals surface area contributed by atoms with Crippen molar-refractivity contribution in [3.8, 4) is 11.5 Å². The first kappa shape index (κ1) is 14.8. The molecule has 0 aliphatic carbocycles. The third-order valence-corrected chi connectivity index (χ3v) is 3.26. The molecule has 1 heterocycles. The smallest absolute Gasteiger partial charge is 0.223 e. The number of nitrogens with zero attached hydrogens (tertiary/aromatic N) is 2. The maximum Gasteiger partial charge on any atom is 0.223 e. The largest absolute Gasteiger partial charge is 0.493 e. The van der Waals surface area contributed by atoms with Crippen LogP contribution in [0.4, 0.5) is 0 Å². The molecule has 0 amide bonds. The van der Waals surface area contributed by atoms with E-state index < -0.39 is 0 Å². The number of hydrogen-bond donors (Lipinski definition) is 1. The summed E-state index contributed by atoms with van der Waals surface area (Å²) >= 11 is 3.47. The molecule has 1 aromatic carbocycles. The van der Waals surface area contributed by atoms with E-state index in [4.69, 9.17) is 14.0 Å². The summed E-state index contributed by atoms with van der Waals surface area (Å²) in [5, 5.41) is 7.07. The normalized spacial score (nSPS) is 10.6. The van der Waals surface area contributed by atoms with E-state index in [9.17, 15) is 0 Å². The van der Waals surface area contributed by atoms with E-state index in [1.54, 1.807) is 21.1 Å². The molecule has 1 N–H and O–H groups in total. The molecule has 20 heavy (non-hydrogen) atoms. The molecule has 0 spiro atoms.